The molecule has 3 unspecified atom stereocenters. The van der Waals surface area contributed by atoms with Gasteiger partial charge in [0.15, 0.2) is 0 Å². The molecular weight excluding hydrogens is 292 g/mol. The molecule has 4 nitrogen and oxygen atoms in total. The highest BCUT2D eigenvalue weighted by molar-refractivity contribution is 5.65. The summed E-state index contributed by atoms with van der Waals surface area (Å²) in [5.41, 5.74) is 0. The van der Waals surface area contributed by atoms with Crippen LogP contribution in [0, 0.1) is 23.7 Å². The van der Waals surface area contributed by atoms with Crippen molar-refractivity contribution in [2.45, 2.75) is 57.3 Å². The highest BCUT2D eigenvalue weighted by Crippen LogP contribution is 2.21. The normalized spacial score (nSPS) is 19.9. The third-order valence-electron chi connectivity index (χ3n) is 3.13. The van der Waals surface area contributed by atoms with Gasteiger partial charge in [-0.25, -0.2) is 0 Å². The fourth-order valence-electron chi connectivity index (χ4n) is 1.82. The first-order valence-corrected chi connectivity index (χ1v) is 7.86. The maximum Gasteiger partial charge on any atom is 0.302 e. The predicted octanol–water partition coefficient (Wildman–Crippen LogP) is 2.38. The molecule has 124 valence electrons. The highest BCUT2D eigenvalue weighted by Gasteiger charge is 2.38. The number of hydrogen-bond acceptors (Lipinski definition) is 4. The van der Waals surface area contributed by atoms with Gasteiger partial charge in [0.05, 0.1) is 6.10 Å². The monoisotopic (exact) mass is 316 g/mol. The minimum absolute atomic E-state index is 0.121. The van der Waals surface area contributed by atoms with Crippen LogP contribution < -0.4 is 0 Å². The van der Waals surface area contributed by atoms with Crippen molar-refractivity contribution in [1.82, 2.24) is 0 Å². The van der Waals surface area contributed by atoms with Gasteiger partial charge in [-0.3, -0.25) is 4.79 Å². The average molecular weight is 316 g/mol. The molecule has 1 aliphatic heterocycles. The zero-order valence-corrected chi connectivity index (χ0v) is 13.6. The Balaban J connectivity index is 2.10. The Hall–Kier alpha value is -2.01. The first-order chi connectivity index (χ1) is 11.1. The summed E-state index contributed by atoms with van der Waals surface area (Å²) in [5.74, 6) is 10.9. The molecule has 4 heteroatoms. The van der Waals surface area contributed by atoms with E-state index in [1.165, 1.54) is 6.92 Å². The van der Waals surface area contributed by atoms with E-state index in [0.29, 0.717) is 6.42 Å². The summed E-state index contributed by atoms with van der Waals surface area (Å²) in [7, 11) is 0. The molecular formula is C19H24O4. The number of carbonyl (C=O) groups is 1. The van der Waals surface area contributed by atoms with Gasteiger partial charge in [0.2, 0.25) is 0 Å². The number of epoxide rings is 1. The van der Waals surface area contributed by atoms with Gasteiger partial charge in [0, 0.05) is 13.3 Å². The fourth-order valence-corrected chi connectivity index (χ4v) is 1.82. The molecule has 0 radical (unpaired) electrons. The minimum atomic E-state index is -0.408. The van der Waals surface area contributed by atoms with Gasteiger partial charge in [0.25, 0.3) is 0 Å². The van der Waals surface area contributed by atoms with E-state index in [1.54, 1.807) is 6.08 Å². The number of aliphatic hydroxyl groups is 1. The van der Waals surface area contributed by atoms with Crippen LogP contribution in [0.25, 0.3) is 0 Å². The summed E-state index contributed by atoms with van der Waals surface area (Å²) in [5, 5.41) is 9.71. The van der Waals surface area contributed by atoms with E-state index in [1.807, 2.05) is 12.2 Å². The van der Waals surface area contributed by atoms with Gasteiger partial charge in [-0.2, -0.15) is 0 Å². The molecule has 3 atom stereocenters. The smallest absolute Gasteiger partial charge is 0.302 e. The zero-order valence-electron chi connectivity index (χ0n) is 13.6. The lowest BCUT2D eigenvalue weighted by molar-refractivity contribution is -0.141. The van der Waals surface area contributed by atoms with Crippen LogP contribution in [0.5, 0.6) is 0 Å². The van der Waals surface area contributed by atoms with Crippen LogP contribution in [0.2, 0.25) is 0 Å². The fraction of sp³-hybridized carbons (Fsp3) is 0.526. The molecule has 1 aliphatic rings. The first kappa shape index (κ1) is 19.0. The minimum Gasteiger partial charge on any atom is -0.463 e. The third kappa shape index (κ3) is 10.4. The van der Waals surface area contributed by atoms with E-state index in [2.05, 4.69) is 30.3 Å². The number of hydrogen-bond donors (Lipinski definition) is 1. The zero-order chi connectivity index (χ0) is 16.9. The lowest BCUT2D eigenvalue weighted by Gasteiger charge is -2.03. The van der Waals surface area contributed by atoms with Crippen LogP contribution >= 0.6 is 0 Å². The van der Waals surface area contributed by atoms with Crippen LogP contribution in [0.4, 0.5) is 0 Å². The van der Waals surface area contributed by atoms with Gasteiger partial charge in [-0.05, 0) is 31.1 Å². The van der Waals surface area contributed by atoms with E-state index in [-0.39, 0.29) is 24.8 Å². The standard InChI is InChI=1S/C19H24O4/c1-3-4-5-9-12-17(21)13-10-7-6-8-11-14-18-19(23-18)15-22-16(2)20/h3,10,13,17-19,21H,1,4-5,7,9,12,15H2,2H3. The second-order valence-electron chi connectivity index (χ2n) is 5.24. The lowest BCUT2D eigenvalue weighted by Crippen LogP contribution is -2.07. The topological polar surface area (TPSA) is 59.1 Å². The summed E-state index contributed by atoms with van der Waals surface area (Å²) in [6, 6.07) is 0. The van der Waals surface area contributed by atoms with E-state index >= 15 is 0 Å². The molecule has 1 rings (SSSR count). The Labute approximate surface area is 138 Å². The van der Waals surface area contributed by atoms with E-state index in [0.717, 1.165) is 25.7 Å². The molecule has 0 bridgehead atoms. The van der Waals surface area contributed by atoms with Crippen molar-refractivity contribution < 1.29 is 19.4 Å². The molecule has 0 aliphatic carbocycles. The van der Waals surface area contributed by atoms with Crippen LogP contribution in [-0.2, 0) is 14.3 Å². The van der Waals surface area contributed by atoms with Crippen LogP contribution in [0.15, 0.2) is 24.8 Å². The number of ether oxygens (including phenoxy) is 2. The lowest BCUT2D eigenvalue weighted by atomic mass is 10.1. The van der Waals surface area contributed by atoms with Gasteiger partial charge >= 0.3 is 5.97 Å². The van der Waals surface area contributed by atoms with Crippen molar-refractivity contribution in [3.63, 3.8) is 0 Å². The Morgan fingerprint density at radius 2 is 2.26 bits per heavy atom. The van der Waals surface area contributed by atoms with Crippen molar-refractivity contribution in [2.75, 3.05) is 6.61 Å². The summed E-state index contributed by atoms with van der Waals surface area (Å²) in [6.45, 7) is 5.27. The highest BCUT2D eigenvalue weighted by atomic mass is 16.6. The van der Waals surface area contributed by atoms with Gasteiger partial charge < -0.3 is 14.6 Å². The van der Waals surface area contributed by atoms with Gasteiger partial charge in [-0.15, -0.1) is 6.58 Å². The van der Waals surface area contributed by atoms with Crippen LogP contribution in [0.3, 0.4) is 0 Å². The maximum atomic E-state index is 10.6. The largest absolute Gasteiger partial charge is 0.463 e. The number of esters is 1. The van der Waals surface area contributed by atoms with Gasteiger partial charge in [-0.1, -0.05) is 36.5 Å². The molecule has 0 spiro atoms. The van der Waals surface area contributed by atoms with Crippen molar-refractivity contribution in [3.8, 4) is 23.7 Å². The molecule has 1 fully saturated rings. The quantitative estimate of drug-likeness (QED) is 0.233. The summed E-state index contributed by atoms with van der Waals surface area (Å²) in [6.07, 6.45) is 9.17. The van der Waals surface area contributed by atoms with Crippen LogP contribution in [-0.4, -0.2) is 36.0 Å². The number of allylic oxidation sites excluding steroid dienone is 2. The van der Waals surface area contributed by atoms with Crippen molar-refractivity contribution in [3.05, 3.63) is 24.8 Å². The maximum absolute atomic E-state index is 10.6. The molecule has 1 saturated heterocycles. The molecule has 0 saturated carbocycles. The van der Waals surface area contributed by atoms with Crippen LogP contribution in [0.1, 0.15) is 39.0 Å². The Morgan fingerprint density at radius 1 is 1.43 bits per heavy atom. The second kappa shape index (κ2) is 11.5. The molecule has 0 amide bonds. The van der Waals surface area contributed by atoms with Gasteiger partial charge in [0.1, 0.15) is 18.8 Å². The molecule has 23 heavy (non-hydrogen) atoms. The Kier molecular flexibility index (Phi) is 9.55. The molecule has 0 aromatic carbocycles. The predicted molar refractivity (Wildman–Crippen MR) is 89.3 cm³/mol. The number of rotatable bonds is 9. The van der Waals surface area contributed by atoms with Crippen molar-refractivity contribution in [2.24, 2.45) is 0 Å². The summed E-state index contributed by atoms with van der Waals surface area (Å²) >= 11 is 0. The number of carbonyl (C=O) groups excluding carboxylic acids is 1. The Morgan fingerprint density at radius 3 is 3.00 bits per heavy atom. The summed E-state index contributed by atoms with van der Waals surface area (Å²) in [4.78, 5) is 10.6. The molecule has 1 heterocycles. The summed E-state index contributed by atoms with van der Waals surface area (Å²) < 4.78 is 10.0. The average Bonchev–Trinajstić information content (AvgIpc) is 3.27. The molecule has 1 N–H and O–H groups in total. The van der Waals surface area contributed by atoms with E-state index in [9.17, 15) is 9.90 Å². The second-order valence-corrected chi connectivity index (χ2v) is 5.24. The number of aliphatic hydroxyl groups excluding tert-OH is 1. The SMILES string of the molecule is C=CCCCCC(O)C=CCC#CC#CC1OC1COC(C)=O. The van der Waals surface area contributed by atoms with Crippen molar-refractivity contribution in [1.29, 1.82) is 0 Å². The molecule has 0 aromatic rings. The number of unbranched alkanes of at least 4 members (excludes halogenated alkanes) is 2. The third-order valence-corrected chi connectivity index (χ3v) is 3.13. The van der Waals surface area contributed by atoms with E-state index < -0.39 is 6.10 Å². The molecule has 0 aromatic heterocycles. The Bertz CT molecular complexity index is 527. The van der Waals surface area contributed by atoms with Crippen molar-refractivity contribution >= 4 is 5.97 Å². The first-order valence-electron chi connectivity index (χ1n) is 7.86. The van der Waals surface area contributed by atoms with E-state index in [4.69, 9.17) is 9.47 Å².